The molecule has 1 saturated heterocycles. The average Bonchev–Trinajstić information content (AvgIpc) is 3.59. The van der Waals surface area contributed by atoms with Crippen LogP contribution in [-0.4, -0.2) is 59.9 Å². The minimum absolute atomic E-state index is 0.197. The Labute approximate surface area is 213 Å². The van der Waals surface area contributed by atoms with Crippen LogP contribution >= 0.6 is 0 Å². The predicted molar refractivity (Wildman–Crippen MR) is 137 cm³/mol. The van der Waals surface area contributed by atoms with E-state index in [1.807, 2.05) is 37.3 Å². The van der Waals surface area contributed by atoms with Crippen LogP contribution < -0.4 is 25.2 Å². The molecule has 37 heavy (non-hydrogen) atoms. The summed E-state index contributed by atoms with van der Waals surface area (Å²) < 4.78 is 16.9. The summed E-state index contributed by atoms with van der Waals surface area (Å²) in [6.45, 7) is 4.20. The molecule has 11 nitrogen and oxygen atoms in total. The number of methoxy groups -OCH3 is 2. The molecule has 1 aliphatic rings. The van der Waals surface area contributed by atoms with E-state index in [9.17, 15) is 4.79 Å². The van der Waals surface area contributed by atoms with Gasteiger partial charge in [-0.3, -0.25) is 10.0 Å². The van der Waals surface area contributed by atoms with Gasteiger partial charge in [-0.25, -0.2) is 20.4 Å². The lowest BCUT2D eigenvalue weighted by atomic mass is 10.1. The van der Waals surface area contributed by atoms with Gasteiger partial charge in [0.15, 0.2) is 17.3 Å². The number of benzene rings is 1. The standard InChI is InChI=1S/C26H28N6O5/c1-15-4-5-22(37-15)21-9-19(18-8-23(35-2)24(36-3)10-20(18)30-21)27-11-16-6-7-32(14-16)26-28-12-17(13-29-26)25(33)31-34/h4-5,8-10,12-13,16,34H,6-7,11,14H2,1-3H3,(H,27,30)(H,31,33). The molecular weight excluding hydrogens is 476 g/mol. The van der Waals surface area contributed by atoms with Crippen molar-refractivity contribution in [2.24, 2.45) is 5.92 Å². The van der Waals surface area contributed by atoms with Gasteiger partial charge in [0, 0.05) is 49.2 Å². The molecule has 1 aromatic carbocycles. The van der Waals surface area contributed by atoms with E-state index < -0.39 is 5.91 Å². The van der Waals surface area contributed by atoms with Gasteiger partial charge in [0.2, 0.25) is 5.95 Å². The van der Waals surface area contributed by atoms with Crippen molar-refractivity contribution in [2.75, 3.05) is 44.1 Å². The van der Waals surface area contributed by atoms with E-state index in [0.717, 1.165) is 54.1 Å². The zero-order valence-electron chi connectivity index (χ0n) is 20.8. The van der Waals surface area contributed by atoms with Crippen molar-refractivity contribution in [1.82, 2.24) is 20.4 Å². The fourth-order valence-corrected chi connectivity index (χ4v) is 4.50. The molecule has 1 fully saturated rings. The highest BCUT2D eigenvalue weighted by Crippen LogP contribution is 2.37. The van der Waals surface area contributed by atoms with E-state index in [2.05, 4.69) is 20.2 Å². The number of carbonyl (C=O) groups is 1. The van der Waals surface area contributed by atoms with Crippen molar-refractivity contribution < 1.29 is 23.9 Å². The number of aromatic nitrogens is 3. The first-order chi connectivity index (χ1) is 18.0. The molecule has 0 bridgehead atoms. The third-order valence-electron chi connectivity index (χ3n) is 6.46. The number of hydrogen-bond acceptors (Lipinski definition) is 10. The van der Waals surface area contributed by atoms with Gasteiger partial charge < -0.3 is 24.1 Å². The number of fused-ring (bicyclic) bond motifs is 1. The summed E-state index contributed by atoms with van der Waals surface area (Å²) in [6, 6.07) is 9.63. The van der Waals surface area contributed by atoms with E-state index in [1.54, 1.807) is 19.7 Å². The Balaban J connectivity index is 1.37. The zero-order valence-corrected chi connectivity index (χ0v) is 20.8. The molecular formula is C26H28N6O5. The van der Waals surface area contributed by atoms with Gasteiger partial charge in [-0.05, 0) is 43.5 Å². The van der Waals surface area contributed by atoms with Crippen LogP contribution in [0.15, 0.2) is 47.1 Å². The minimum Gasteiger partial charge on any atom is -0.493 e. The number of amides is 1. The average molecular weight is 505 g/mol. The van der Waals surface area contributed by atoms with Gasteiger partial charge in [0.1, 0.15) is 11.5 Å². The second-order valence-electron chi connectivity index (χ2n) is 8.88. The first-order valence-electron chi connectivity index (χ1n) is 11.9. The lowest BCUT2D eigenvalue weighted by Crippen LogP contribution is -2.25. The normalized spacial score (nSPS) is 15.1. The Hall–Kier alpha value is -4.38. The molecule has 4 heterocycles. The van der Waals surface area contributed by atoms with Crippen LogP contribution in [0.1, 0.15) is 22.5 Å². The lowest BCUT2D eigenvalue weighted by molar-refractivity contribution is 0.0705. The van der Waals surface area contributed by atoms with Crippen molar-refractivity contribution in [3.63, 3.8) is 0 Å². The van der Waals surface area contributed by atoms with Crippen molar-refractivity contribution in [3.8, 4) is 23.0 Å². The second-order valence-corrected chi connectivity index (χ2v) is 8.88. The van der Waals surface area contributed by atoms with Crippen LogP contribution in [0.4, 0.5) is 11.6 Å². The summed E-state index contributed by atoms with van der Waals surface area (Å²) in [5, 5.41) is 13.3. The molecule has 1 aliphatic heterocycles. The molecule has 11 heteroatoms. The zero-order chi connectivity index (χ0) is 25.9. The highest BCUT2D eigenvalue weighted by Gasteiger charge is 2.25. The molecule has 3 aromatic heterocycles. The number of furan rings is 1. The fraction of sp³-hybridized carbons (Fsp3) is 0.308. The van der Waals surface area contributed by atoms with E-state index in [-0.39, 0.29) is 5.56 Å². The summed E-state index contributed by atoms with van der Waals surface area (Å²) in [7, 11) is 3.22. The topological polar surface area (TPSA) is 135 Å². The molecule has 1 atom stereocenters. The van der Waals surface area contributed by atoms with E-state index >= 15 is 0 Å². The molecule has 0 aliphatic carbocycles. The van der Waals surface area contributed by atoms with Crippen molar-refractivity contribution in [3.05, 3.63) is 54.0 Å². The van der Waals surface area contributed by atoms with Crippen LogP contribution in [0.25, 0.3) is 22.4 Å². The molecule has 4 aromatic rings. The fourth-order valence-electron chi connectivity index (χ4n) is 4.50. The minimum atomic E-state index is -0.641. The van der Waals surface area contributed by atoms with Crippen LogP contribution in [0.3, 0.4) is 0 Å². The van der Waals surface area contributed by atoms with Crippen LogP contribution in [-0.2, 0) is 0 Å². The van der Waals surface area contributed by atoms with E-state index in [1.165, 1.54) is 12.4 Å². The number of rotatable bonds is 8. The summed E-state index contributed by atoms with van der Waals surface area (Å²) in [4.78, 5) is 27.0. The molecule has 3 N–H and O–H groups in total. The quantitative estimate of drug-likeness (QED) is 0.241. The summed E-state index contributed by atoms with van der Waals surface area (Å²) >= 11 is 0. The number of anilines is 2. The predicted octanol–water partition coefficient (Wildman–Crippen LogP) is 3.67. The van der Waals surface area contributed by atoms with Crippen molar-refractivity contribution >= 4 is 28.4 Å². The number of nitrogens with one attached hydrogen (secondary N) is 2. The van der Waals surface area contributed by atoms with Crippen molar-refractivity contribution in [2.45, 2.75) is 13.3 Å². The van der Waals surface area contributed by atoms with Crippen molar-refractivity contribution in [1.29, 1.82) is 0 Å². The summed E-state index contributed by atoms with van der Waals surface area (Å²) in [6.07, 6.45) is 3.77. The Morgan fingerprint density at radius 1 is 1.16 bits per heavy atom. The molecule has 0 saturated carbocycles. The number of carbonyl (C=O) groups excluding carboxylic acids is 1. The SMILES string of the molecule is COc1cc2nc(-c3ccc(C)o3)cc(NCC3CCN(c4ncc(C(=O)NO)cn4)C3)c2cc1OC. The number of aryl methyl sites for hydroxylation is 1. The monoisotopic (exact) mass is 504 g/mol. The summed E-state index contributed by atoms with van der Waals surface area (Å²) in [5.74, 6) is 3.01. The highest BCUT2D eigenvalue weighted by atomic mass is 16.5. The smallest absolute Gasteiger partial charge is 0.277 e. The molecule has 1 amide bonds. The molecule has 1 unspecified atom stereocenters. The first kappa shape index (κ1) is 24.3. The Bertz CT molecular complexity index is 1420. The van der Waals surface area contributed by atoms with Crippen LogP contribution in [0, 0.1) is 12.8 Å². The number of hydrogen-bond donors (Lipinski definition) is 3. The molecule has 0 radical (unpaired) electrons. The third-order valence-corrected chi connectivity index (χ3v) is 6.46. The van der Waals surface area contributed by atoms with Gasteiger partial charge in [-0.1, -0.05) is 0 Å². The van der Waals surface area contributed by atoms with Gasteiger partial charge >= 0.3 is 0 Å². The Morgan fingerprint density at radius 3 is 2.59 bits per heavy atom. The first-order valence-corrected chi connectivity index (χ1v) is 11.9. The van der Waals surface area contributed by atoms with E-state index in [0.29, 0.717) is 29.1 Å². The van der Waals surface area contributed by atoms with Gasteiger partial charge in [-0.2, -0.15) is 0 Å². The number of ether oxygens (including phenoxy) is 2. The second kappa shape index (κ2) is 10.3. The maximum absolute atomic E-state index is 11.5. The molecule has 192 valence electrons. The highest BCUT2D eigenvalue weighted by molar-refractivity contribution is 5.95. The lowest BCUT2D eigenvalue weighted by Gasteiger charge is -2.18. The van der Waals surface area contributed by atoms with Gasteiger partial charge in [0.25, 0.3) is 5.91 Å². The summed E-state index contributed by atoms with van der Waals surface area (Å²) in [5.41, 5.74) is 4.19. The Morgan fingerprint density at radius 2 is 1.92 bits per heavy atom. The number of nitrogens with zero attached hydrogens (tertiary/aromatic N) is 4. The van der Waals surface area contributed by atoms with Crippen LogP contribution in [0.2, 0.25) is 0 Å². The van der Waals surface area contributed by atoms with Gasteiger partial charge in [-0.15, -0.1) is 0 Å². The maximum Gasteiger partial charge on any atom is 0.277 e. The third kappa shape index (κ3) is 4.98. The molecule has 5 rings (SSSR count). The largest absolute Gasteiger partial charge is 0.493 e. The van der Waals surface area contributed by atoms with Crippen LogP contribution in [0.5, 0.6) is 11.5 Å². The Kier molecular flexibility index (Phi) is 6.78. The van der Waals surface area contributed by atoms with E-state index in [4.69, 9.17) is 24.1 Å². The number of pyridine rings is 1. The molecule has 0 spiro atoms. The maximum atomic E-state index is 11.5. The number of hydroxylamine groups is 1. The van der Waals surface area contributed by atoms with Gasteiger partial charge in [0.05, 0.1) is 25.3 Å².